The van der Waals surface area contributed by atoms with Crippen molar-refractivity contribution >= 4 is 55.7 Å². The molecule has 25 heavy (non-hydrogen) atoms. The van der Waals surface area contributed by atoms with E-state index in [9.17, 15) is 4.79 Å². The Labute approximate surface area is 162 Å². The maximum absolute atomic E-state index is 12.0. The molecule has 6 nitrogen and oxygen atoms in total. The number of ether oxygens (including phenoxy) is 1. The first-order valence-corrected chi connectivity index (χ1v) is 9.63. The molecule has 0 aliphatic rings. The zero-order valence-corrected chi connectivity index (χ0v) is 16.8. The number of aryl methyl sites for hydroxylation is 2. The largest absolute Gasteiger partial charge is 0.492 e. The highest BCUT2D eigenvalue weighted by Crippen LogP contribution is 2.27. The first-order valence-electron chi connectivity index (χ1n) is 7.64. The fraction of sp³-hybridized carbons (Fsp3) is 0.312. The molecule has 0 atom stereocenters. The Balaban J connectivity index is 1.47. The van der Waals surface area contributed by atoms with E-state index in [4.69, 9.17) is 16.3 Å². The van der Waals surface area contributed by atoms with Gasteiger partial charge in [-0.05, 0) is 38.5 Å². The van der Waals surface area contributed by atoms with Crippen LogP contribution in [0.2, 0.25) is 5.02 Å². The first-order chi connectivity index (χ1) is 11.9. The number of amides is 1. The third kappa shape index (κ3) is 4.31. The van der Waals surface area contributed by atoms with Gasteiger partial charge in [-0.25, -0.2) is 4.52 Å². The fourth-order valence-electron chi connectivity index (χ4n) is 2.19. The summed E-state index contributed by atoms with van der Waals surface area (Å²) in [6, 6.07) is 5.41. The Bertz CT molecular complexity index is 924. The van der Waals surface area contributed by atoms with E-state index in [0.29, 0.717) is 36.2 Å². The number of aromatic nitrogens is 3. The lowest BCUT2D eigenvalue weighted by atomic mass is 10.3. The quantitative estimate of drug-likeness (QED) is 0.564. The summed E-state index contributed by atoms with van der Waals surface area (Å²) >= 11 is 11.0. The van der Waals surface area contributed by atoms with Crippen molar-refractivity contribution in [3.05, 3.63) is 38.3 Å². The Hall–Kier alpha value is -1.64. The van der Waals surface area contributed by atoms with Crippen molar-refractivity contribution in [2.45, 2.75) is 26.7 Å². The maximum Gasteiger partial charge on any atom is 0.250 e. The van der Waals surface area contributed by atoms with Gasteiger partial charge in [-0.1, -0.05) is 38.9 Å². The minimum atomic E-state index is -0.141. The van der Waals surface area contributed by atoms with Gasteiger partial charge in [-0.3, -0.25) is 10.1 Å². The molecule has 0 radical (unpaired) electrons. The van der Waals surface area contributed by atoms with E-state index in [0.717, 1.165) is 20.0 Å². The number of anilines is 1. The van der Waals surface area contributed by atoms with Gasteiger partial charge in [0.15, 0.2) is 0 Å². The SMILES string of the molecule is Cc1sc2nc(NC(=O)CCCOc3ccc(Br)cc3Cl)nn2c1C. The molecular formula is C16H16BrClN4O2S. The van der Waals surface area contributed by atoms with E-state index in [1.165, 1.54) is 0 Å². The van der Waals surface area contributed by atoms with E-state index < -0.39 is 0 Å². The van der Waals surface area contributed by atoms with Crippen LogP contribution in [0, 0.1) is 13.8 Å². The number of nitrogens with one attached hydrogen (secondary N) is 1. The average molecular weight is 444 g/mol. The van der Waals surface area contributed by atoms with Crippen molar-refractivity contribution in [2.75, 3.05) is 11.9 Å². The molecule has 0 spiro atoms. The molecule has 132 valence electrons. The van der Waals surface area contributed by atoms with Gasteiger partial charge < -0.3 is 4.74 Å². The topological polar surface area (TPSA) is 68.5 Å². The van der Waals surface area contributed by atoms with Crippen LogP contribution in [-0.4, -0.2) is 27.1 Å². The lowest BCUT2D eigenvalue weighted by molar-refractivity contribution is -0.116. The van der Waals surface area contributed by atoms with Gasteiger partial charge in [0, 0.05) is 15.8 Å². The predicted octanol–water partition coefficient (Wildman–Crippen LogP) is 4.62. The standard InChI is InChI=1S/C16H16BrClN4O2S/c1-9-10(2)25-16-20-15(21-22(9)16)19-14(23)4-3-7-24-13-6-5-11(17)8-12(13)18/h5-6,8H,3-4,7H2,1-2H3,(H,19,21,23). The highest BCUT2D eigenvalue weighted by atomic mass is 79.9. The van der Waals surface area contributed by atoms with Crippen LogP contribution < -0.4 is 10.1 Å². The summed E-state index contributed by atoms with van der Waals surface area (Å²) in [4.78, 5) is 18.3. The number of carbonyl (C=O) groups is 1. The highest BCUT2D eigenvalue weighted by molar-refractivity contribution is 9.10. The number of hydrogen-bond donors (Lipinski definition) is 1. The molecule has 0 fully saturated rings. The van der Waals surface area contributed by atoms with Gasteiger partial charge in [-0.15, -0.1) is 5.10 Å². The van der Waals surface area contributed by atoms with Crippen molar-refractivity contribution in [3.8, 4) is 5.75 Å². The molecule has 1 N–H and O–H groups in total. The van der Waals surface area contributed by atoms with Crippen LogP contribution in [0.3, 0.4) is 0 Å². The van der Waals surface area contributed by atoms with Crippen LogP contribution in [0.1, 0.15) is 23.4 Å². The molecular weight excluding hydrogens is 428 g/mol. The van der Waals surface area contributed by atoms with Gasteiger partial charge in [0.2, 0.25) is 16.8 Å². The molecule has 0 bridgehead atoms. The monoisotopic (exact) mass is 442 g/mol. The normalized spacial score (nSPS) is 11.0. The van der Waals surface area contributed by atoms with Crippen LogP contribution in [-0.2, 0) is 4.79 Å². The Morgan fingerprint density at radius 3 is 2.96 bits per heavy atom. The van der Waals surface area contributed by atoms with Gasteiger partial charge in [0.05, 0.1) is 17.3 Å². The second-order valence-electron chi connectivity index (χ2n) is 5.45. The summed E-state index contributed by atoms with van der Waals surface area (Å²) in [6.07, 6.45) is 0.887. The van der Waals surface area contributed by atoms with Gasteiger partial charge in [-0.2, -0.15) is 4.98 Å². The first kappa shape index (κ1) is 18.2. The molecule has 0 saturated heterocycles. The molecule has 1 amide bonds. The summed E-state index contributed by atoms with van der Waals surface area (Å²) in [7, 11) is 0. The van der Waals surface area contributed by atoms with Gasteiger partial charge >= 0.3 is 0 Å². The average Bonchev–Trinajstić information content (AvgIpc) is 3.05. The second-order valence-corrected chi connectivity index (χ2v) is 7.95. The molecule has 1 aromatic carbocycles. The van der Waals surface area contributed by atoms with Crippen molar-refractivity contribution < 1.29 is 9.53 Å². The van der Waals surface area contributed by atoms with E-state index in [1.54, 1.807) is 28.0 Å². The van der Waals surface area contributed by atoms with Crippen molar-refractivity contribution in [1.29, 1.82) is 0 Å². The lowest BCUT2D eigenvalue weighted by Gasteiger charge is -2.08. The van der Waals surface area contributed by atoms with Crippen LogP contribution >= 0.6 is 38.9 Å². The van der Waals surface area contributed by atoms with Crippen LogP contribution in [0.25, 0.3) is 4.96 Å². The second kappa shape index (κ2) is 7.72. The lowest BCUT2D eigenvalue weighted by Crippen LogP contribution is -2.14. The highest BCUT2D eigenvalue weighted by Gasteiger charge is 2.12. The fourth-order valence-corrected chi connectivity index (χ4v) is 3.82. The molecule has 3 aromatic rings. The number of benzene rings is 1. The number of thiazole rings is 1. The van der Waals surface area contributed by atoms with E-state index in [-0.39, 0.29) is 5.91 Å². The van der Waals surface area contributed by atoms with E-state index in [2.05, 4.69) is 31.3 Å². The predicted molar refractivity (Wildman–Crippen MR) is 103 cm³/mol. The number of rotatable bonds is 6. The smallest absolute Gasteiger partial charge is 0.250 e. The molecule has 0 aliphatic carbocycles. The number of carbonyl (C=O) groups excluding carboxylic acids is 1. The minimum Gasteiger partial charge on any atom is -0.492 e. The molecule has 2 heterocycles. The van der Waals surface area contributed by atoms with Crippen molar-refractivity contribution in [1.82, 2.24) is 14.6 Å². The summed E-state index contributed by atoms with van der Waals surface area (Å²) in [5.41, 5.74) is 1.03. The minimum absolute atomic E-state index is 0.141. The van der Waals surface area contributed by atoms with Gasteiger partial charge in [0.25, 0.3) is 0 Å². The number of fused-ring (bicyclic) bond motifs is 1. The molecule has 0 aliphatic heterocycles. The van der Waals surface area contributed by atoms with Gasteiger partial charge in [0.1, 0.15) is 5.75 Å². The number of halogens is 2. The van der Waals surface area contributed by atoms with Crippen LogP contribution in [0.5, 0.6) is 5.75 Å². The third-order valence-corrected chi connectivity index (χ3v) is 5.44. The number of hydrogen-bond acceptors (Lipinski definition) is 5. The van der Waals surface area contributed by atoms with Crippen LogP contribution in [0.4, 0.5) is 5.95 Å². The van der Waals surface area contributed by atoms with Crippen LogP contribution in [0.15, 0.2) is 22.7 Å². The van der Waals surface area contributed by atoms with E-state index in [1.807, 2.05) is 19.9 Å². The molecule has 0 unspecified atom stereocenters. The van der Waals surface area contributed by atoms with Crippen molar-refractivity contribution in [2.24, 2.45) is 0 Å². The Morgan fingerprint density at radius 1 is 1.44 bits per heavy atom. The summed E-state index contributed by atoms with van der Waals surface area (Å²) in [5, 5.41) is 7.55. The third-order valence-electron chi connectivity index (χ3n) is 3.60. The molecule has 9 heteroatoms. The molecule has 0 saturated carbocycles. The summed E-state index contributed by atoms with van der Waals surface area (Å²) < 4.78 is 8.23. The van der Waals surface area contributed by atoms with Crippen molar-refractivity contribution in [3.63, 3.8) is 0 Å². The Kier molecular flexibility index (Phi) is 5.61. The molecule has 3 rings (SSSR count). The maximum atomic E-state index is 12.0. The zero-order chi connectivity index (χ0) is 18.0. The molecule has 2 aromatic heterocycles. The summed E-state index contributed by atoms with van der Waals surface area (Å²) in [5.74, 6) is 0.793. The van der Waals surface area contributed by atoms with E-state index >= 15 is 0 Å². The summed E-state index contributed by atoms with van der Waals surface area (Å²) in [6.45, 7) is 4.40. The Morgan fingerprint density at radius 2 is 2.24 bits per heavy atom. The zero-order valence-electron chi connectivity index (χ0n) is 13.7. The number of nitrogens with zero attached hydrogens (tertiary/aromatic N) is 3.